The first-order chi connectivity index (χ1) is 10.6. The predicted molar refractivity (Wildman–Crippen MR) is 76.8 cm³/mol. The number of amides is 1. The van der Waals surface area contributed by atoms with Crippen molar-refractivity contribution in [2.24, 2.45) is 0 Å². The Bertz CT molecular complexity index is 727. The van der Waals surface area contributed by atoms with E-state index in [1.165, 1.54) is 12.1 Å². The van der Waals surface area contributed by atoms with Crippen molar-refractivity contribution < 1.29 is 19.2 Å². The van der Waals surface area contributed by atoms with E-state index >= 15 is 0 Å². The number of nitro groups is 1. The zero-order chi connectivity index (χ0) is 15.5. The van der Waals surface area contributed by atoms with Gasteiger partial charge in [0.25, 0.3) is 11.6 Å². The molecule has 0 fully saturated rings. The first kappa shape index (κ1) is 13.9. The Hall–Kier alpha value is -3.09. The molecule has 22 heavy (non-hydrogen) atoms. The van der Waals surface area contributed by atoms with Crippen LogP contribution >= 0.6 is 0 Å². The Morgan fingerprint density at radius 2 is 1.86 bits per heavy atom. The van der Waals surface area contributed by atoms with Crippen LogP contribution in [-0.2, 0) is 6.54 Å². The molecule has 0 bridgehead atoms. The van der Waals surface area contributed by atoms with E-state index in [1.807, 2.05) is 0 Å². The summed E-state index contributed by atoms with van der Waals surface area (Å²) in [6.45, 7) is 0.439. The topological polar surface area (TPSA) is 90.7 Å². The molecule has 0 aliphatic carbocycles. The summed E-state index contributed by atoms with van der Waals surface area (Å²) in [5.41, 5.74) is 1.26. The molecule has 0 saturated heterocycles. The van der Waals surface area contributed by atoms with Crippen molar-refractivity contribution >= 4 is 11.6 Å². The Morgan fingerprint density at radius 3 is 2.59 bits per heavy atom. The lowest BCUT2D eigenvalue weighted by Crippen LogP contribution is -2.22. The van der Waals surface area contributed by atoms with E-state index in [0.29, 0.717) is 17.1 Å². The summed E-state index contributed by atoms with van der Waals surface area (Å²) in [6, 6.07) is 11.0. The molecule has 0 spiro atoms. The maximum Gasteiger partial charge on any atom is 0.269 e. The maximum absolute atomic E-state index is 12.1. The Labute approximate surface area is 125 Å². The molecule has 1 aliphatic rings. The predicted octanol–water partition coefficient (Wildman–Crippen LogP) is 2.25. The summed E-state index contributed by atoms with van der Waals surface area (Å²) in [6.07, 6.45) is 0. The highest BCUT2D eigenvalue weighted by Gasteiger charge is 2.16. The zero-order valence-corrected chi connectivity index (χ0v) is 11.4. The smallest absolute Gasteiger partial charge is 0.269 e. The van der Waals surface area contributed by atoms with Crippen molar-refractivity contribution in [1.82, 2.24) is 5.32 Å². The third kappa shape index (κ3) is 2.83. The van der Waals surface area contributed by atoms with Crippen LogP contribution in [0, 0.1) is 10.1 Å². The van der Waals surface area contributed by atoms with Crippen molar-refractivity contribution in [3.05, 3.63) is 63.7 Å². The summed E-state index contributed by atoms with van der Waals surface area (Å²) < 4.78 is 10.4. The molecule has 7 heteroatoms. The number of nitro benzene ring substituents is 1. The fourth-order valence-corrected chi connectivity index (χ4v) is 2.06. The van der Waals surface area contributed by atoms with Gasteiger partial charge in [-0.05, 0) is 23.8 Å². The van der Waals surface area contributed by atoms with Gasteiger partial charge in [-0.2, -0.15) is 0 Å². The number of benzene rings is 2. The van der Waals surface area contributed by atoms with Gasteiger partial charge in [-0.15, -0.1) is 0 Å². The summed E-state index contributed by atoms with van der Waals surface area (Å²) >= 11 is 0. The second-order valence-corrected chi connectivity index (χ2v) is 4.67. The number of hydrogen-bond acceptors (Lipinski definition) is 5. The lowest BCUT2D eigenvalue weighted by molar-refractivity contribution is -0.384. The van der Waals surface area contributed by atoms with Crippen molar-refractivity contribution in [3.8, 4) is 11.5 Å². The van der Waals surface area contributed by atoms with E-state index in [-0.39, 0.29) is 24.9 Å². The van der Waals surface area contributed by atoms with Crippen molar-refractivity contribution in [1.29, 1.82) is 0 Å². The second-order valence-electron chi connectivity index (χ2n) is 4.67. The van der Waals surface area contributed by atoms with E-state index in [4.69, 9.17) is 9.47 Å². The minimum absolute atomic E-state index is 0.0193. The number of hydrogen-bond donors (Lipinski definition) is 1. The van der Waals surface area contributed by atoms with Gasteiger partial charge >= 0.3 is 0 Å². The molecule has 7 nitrogen and oxygen atoms in total. The molecule has 1 N–H and O–H groups in total. The van der Waals surface area contributed by atoms with E-state index in [9.17, 15) is 14.9 Å². The quantitative estimate of drug-likeness (QED) is 0.690. The van der Waals surface area contributed by atoms with Crippen LogP contribution in [0.4, 0.5) is 5.69 Å². The Balaban J connectivity index is 1.63. The number of fused-ring (bicyclic) bond motifs is 1. The highest BCUT2D eigenvalue weighted by molar-refractivity contribution is 5.94. The molecule has 0 unspecified atom stereocenters. The monoisotopic (exact) mass is 300 g/mol. The third-order valence-electron chi connectivity index (χ3n) is 3.23. The third-order valence-corrected chi connectivity index (χ3v) is 3.23. The summed E-state index contributed by atoms with van der Waals surface area (Å²) in [7, 11) is 0. The Kier molecular flexibility index (Phi) is 3.61. The average Bonchev–Trinajstić information content (AvgIpc) is 3.00. The van der Waals surface area contributed by atoms with Gasteiger partial charge in [0.05, 0.1) is 4.92 Å². The minimum atomic E-state index is -0.463. The van der Waals surface area contributed by atoms with Gasteiger partial charge in [-0.1, -0.05) is 12.1 Å². The van der Waals surface area contributed by atoms with Crippen LogP contribution in [0.2, 0.25) is 0 Å². The van der Waals surface area contributed by atoms with Crippen molar-refractivity contribution in [3.63, 3.8) is 0 Å². The fraction of sp³-hybridized carbons (Fsp3) is 0.133. The van der Waals surface area contributed by atoms with Gasteiger partial charge < -0.3 is 14.8 Å². The molecule has 2 aromatic carbocycles. The molecule has 0 radical (unpaired) electrons. The van der Waals surface area contributed by atoms with Crippen LogP contribution in [-0.4, -0.2) is 17.6 Å². The number of ether oxygens (including phenoxy) is 2. The van der Waals surface area contributed by atoms with E-state index in [2.05, 4.69) is 5.32 Å². The van der Waals surface area contributed by atoms with Crippen LogP contribution in [0.3, 0.4) is 0 Å². The van der Waals surface area contributed by atoms with Crippen LogP contribution in [0.25, 0.3) is 0 Å². The van der Waals surface area contributed by atoms with Gasteiger partial charge in [-0.3, -0.25) is 14.9 Å². The standard InChI is InChI=1S/C15H12N2O5/c18-15(11-3-6-13-14(7-11)22-9-21-13)16-8-10-1-4-12(5-2-10)17(19)20/h1-7H,8-9H2,(H,16,18). The molecule has 1 heterocycles. The van der Waals surface area contributed by atoms with E-state index < -0.39 is 4.92 Å². The van der Waals surface area contributed by atoms with E-state index in [1.54, 1.807) is 30.3 Å². The first-order valence-corrected chi connectivity index (χ1v) is 6.54. The molecule has 1 aliphatic heterocycles. The van der Waals surface area contributed by atoms with Crippen LogP contribution in [0.5, 0.6) is 11.5 Å². The lowest BCUT2D eigenvalue weighted by Gasteiger charge is -2.06. The largest absolute Gasteiger partial charge is 0.454 e. The van der Waals surface area contributed by atoms with Gasteiger partial charge in [0.2, 0.25) is 6.79 Å². The van der Waals surface area contributed by atoms with Crippen molar-refractivity contribution in [2.45, 2.75) is 6.54 Å². The normalized spacial score (nSPS) is 12.0. The first-order valence-electron chi connectivity index (χ1n) is 6.54. The molecular weight excluding hydrogens is 288 g/mol. The average molecular weight is 300 g/mol. The number of carbonyl (C=O) groups excluding carboxylic acids is 1. The molecule has 2 aromatic rings. The number of rotatable bonds is 4. The summed E-state index contributed by atoms with van der Waals surface area (Å²) in [4.78, 5) is 22.2. The van der Waals surface area contributed by atoms with E-state index in [0.717, 1.165) is 5.56 Å². The van der Waals surface area contributed by atoms with Gasteiger partial charge in [0.15, 0.2) is 11.5 Å². The number of non-ortho nitro benzene ring substituents is 1. The highest BCUT2D eigenvalue weighted by atomic mass is 16.7. The molecule has 112 valence electrons. The number of nitrogens with zero attached hydrogens (tertiary/aromatic N) is 1. The van der Waals surface area contributed by atoms with Gasteiger partial charge in [-0.25, -0.2) is 0 Å². The van der Waals surface area contributed by atoms with Crippen molar-refractivity contribution in [2.75, 3.05) is 6.79 Å². The summed E-state index contributed by atoms with van der Waals surface area (Å²) in [5.74, 6) is 0.909. The molecule has 0 aromatic heterocycles. The zero-order valence-electron chi connectivity index (χ0n) is 11.4. The summed E-state index contributed by atoms with van der Waals surface area (Å²) in [5, 5.41) is 13.3. The second kappa shape index (κ2) is 5.72. The molecule has 3 rings (SSSR count). The fourth-order valence-electron chi connectivity index (χ4n) is 2.06. The van der Waals surface area contributed by atoms with Crippen LogP contribution in [0.1, 0.15) is 15.9 Å². The maximum atomic E-state index is 12.1. The van der Waals surface area contributed by atoms with Gasteiger partial charge in [0.1, 0.15) is 0 Å². The van der Waals surface area contributed by atoms with Crippen LogP contribution < -0.4 is 14.8 Å². The van der Waals surface area contributed by atoms with Crippen LogP contribution in [0.15, 0.2) is 42.5 Å². The highest BCUT2D eigenvalue weighted by Crippen LogP contribution is 2.32. The molecule has 0 atom stereocenters. The molecular formula is C15H12N2O5. The SMILES string of the molecule is O=C(NCc1ccc([N+](=O)[O-])cc1)c1ccc2c(c1)OCO2. The van der Waals surface area contributed by atoms with Gasteiger partial charge in [0, 0.05) is 24.2 Å². The lowest BCUT2D eigenvalue weighted by atomic mass is 10.1. The number of carbonyl (C=O) groups is 1. The Morgan fingerprint density at radius 1 is 1.14 bits per heavy atom. The number of nitrogens with one attached hydrogen (secondary N) is 1. The molecule has 0 saturated carbocycles. The molecule has 1 amide bonds. The minimum Gasteiger partial charge on any atom is -0.454 e.